The summed E-state index contributed by atoms with van der Waals surface area (Å²) in [5.41, 5.74) is 0.443. The van der Waals surface area contributed by atoms with Crippen LogP contribution in [-0.4, -0.2) is 52.3 Å². The van der Waals surface area contributed by atoms with Gasteiger partial charge in [0.1, 0.15) is 12.2 Å². The molecule has 2 aliphatic heterocycles. The molecule has 2 heterocycles. The zero-order valence-corrected chi connectivity index (χ0v) is 15.3. The van der Waals surface area contributed by atoms with Gasteiger partial charge >= 0.3 is 12.2 Å². The molecule has 0 N–H and O–H groups in total. The number of ether oxygens (including phenoxy) is 2. The number of nitrogens with zero attached hydrogens (tertiary/aromatic N) is 2. The van der Waals surface area contributed by atoms with Crippen LogP contribution in [0, 0.1) is 0 Å². The van der Waals surface area contributed by atoms with Crippen LogP contribution in [0.2, 0.25) is 0 Å². The lowest BCUT2D eigenvalue weighted by molar-refractivity contribution is -0.0427. The normalized spacial score (nSPS) is 25.2. The number of carbonyl (C=O) groups is 2. The van der Waals surface area contributed by atoms with Crippen LogP contribution in [0.5, 0.6) is 0 Å². The maximum atomic E-state index is 12.4. The van der Waals surface area contributed by atoms with Gasteiger partial charge in [-0.1, -0.05) is 30.3 Å². The Morgan fingerprint density at radius 3 is 2.48 bits per heavy atom. The van der Waals surface area contributed by atoms with E-state index < -0.39 is 5.60 Å². The summed E-state index contributed by atoms with van der Waals surface area (Å²) in [6.07, 6.45) is 0.141. The molecule has 2 saturated heterocycles. The van der Waals surface area contributed by atoms with Gasteiger partial charge in [-0.15, -0.1) is 0 Å². The molecule has 2 amide bonds. The molecule has 0 aromatic heterocycles. The quantitative estimate of drug-likeness (QED) is 0.823. The minimum Gasteiger partial charge on any atom is -0.445 e. The molecule has 0 radical (unpaired) electrons. The van der Waals surface area contributed by atoms with Gasteiger partial charge < -0.3 is 14.4 Å². The molecule has 3 atom stereocenters. The van der Waals surface area contributed by atoms with Crippen LogP contribution in [-0.2, 0) is 16.1 Å². The molecule has 6 nitrogen and oxygen atoms in total. The highest BCUT2D eigenvalue weighted by atomic mass is 16.6. The molecule has 0 unspecified atom stereocenters. The molecule has 2 fully saturated rings. The van der Waals surface area contributed by atoms with Gasteiger partial charge in [-0.3, -0.25) is 4.90 Å². The van der Waals surface area contributed by atoms with Crippen LogP contribution in [0.1, 0.15) is 39.7 Å². The first-order valence-electron chi connectivity index (χ1n) is 8.76. The van der Waals surface area contributed by atoms with E-state index in [1.807, 2.05) is 58.0 Å². The second-order valence-electron chi connectivity index (χ2n) is 7.71. The van der Waals surface area contributed by atoms with Crippen molar-refractivity contribution in [1.82, 2.24) is 9.80 Å². The number of carbonyl (C=O) groups excluding carboxylic acids is 2. The van der Waals surface area contributed by atoms with Crippen molar-refractivity contribution in [3.63, 3.8) is 0 Å². The van der Waals surface area contributed by atoms with E-state index in [9.17, 15) is 9.59 Å². The summed E-state index contributed by atoms with van der Waals surface area (Å²) < 4.78 is 10.9. The number of hydrogen-bond acceptors (Lipinski definition) is 4. The molecule has 3 rings (SSSR count). The third kappa shape index (κ3) is 3.57. The number of benzene rings is 1. The van der Waals surface area contributed by atoms with Crippen molar-refractivity contribution < 1.29 is 19.1 Å². The molecular weight excluding hydrogens is 320 g/mol. The second-order valence-corrected chi connectivity index (χ2v) is 7.71. The average Bonchev–Trinajstić information content (AvgIpc) is 2.92. The van der Waals surface area contributed by atoms with Crippen molar-refractivity contribution in [2.45, 2.75) is 64.4 Å². The number of likely N-dealkylation sites (tertiary alicyclic amines) is 2. The van der Waals surface area contributed by atoms with Gasteiger partial charge in [0.05, 0.1) is 18.1 Å². The van der Waals surface area contributed by atoms with Crippen LogP contribution in [0.4, 0.5) is 9.59 Å². The van der Waals surface area contributed by atoms with Crippen LogP contribution in [0.25, 0.3) is 0 Å². The molecule has 0 aliphatic carbocycles. The Hall–Kier alpha value is -2.24. The van der Waals surface area contributed by atoms with Crippen molar-refractivity contribution in [3.05, 3.63) is 35.9 Å². The first-order valence-corrected chi connectivity index (χ1v) is 8.76. The van der Waals surface area contributed by atoms with Gasteiger partial charge in [-0.05, 0) is 39.7 Å². The second kappa shape index (κ2) is 6.58. The average molecular weight is 346 g/mol. The number of hydrogen-bond donors (Lipinski definition) is 0. The van der Waals surface area contributed by atoms with E-state index in [4.69, 9.17) is 9.47 Å². The molecule has 1 aromatic rings. The fraction of sp³-hybridized carbons (Fsp3) is 0.579. The number of rotatable bonds is 2. The summed E-state index contributed by atoms with van der Waals surface area (Å²) in [5, 5.41) is 0. The molecule has 0 saturated carbocycles. The van der Waals surface area contributed by atoms with Crippen LogP contribution in [0.3, 0.4) is 0 Å². The monoisotopic (exact) mass is 346 g/mol. The van der Waals surface area contributed by atoms with Crippen LogP contribution >= 0.6 is 0 Å². The molecule has 1 aromatic carbocycles. The molecule has 0 bridgehead atoms. The standard InChI is InChI=1S/C19H26N2O4/c1-13-16-15(10-11-20(16)17(22)25-19(2,3)4)21(13)18(23)24-12-14-8-6-5-7-9-14/h5-9,13,15-16H,10-12H2,1-4H3/t13-,15-,16-/m1/s1. The first-order chi connectivity index (χ1) is 11.8. The molecule has 6 heteroatoms. The van der Waals surface area contributed by atoms with Gasteiger partial charge in [-0.25, -0.2) is 9.59 Å². The topological polar surface area (TPSA) is 59.1 Å². The van der Waals surface area contributed by atoms with E-state index in [2.05, 4.69) is 0 Å². The predicted octanol–water partition coefficient (Wildman–Crippen LogP) is 3.41. The third-order valence-corrected chi connectivity index (χ3v) is 4.75. The molecule has 2 aliphatic rings. The van der Waals surface area contributed by atoms with Crippen molar-refractivity contribution in [2.24, 2.45) is 0 Å². The Bertz CT molecular complexity index is 641. The minimum atomic E-state index is -0.517. The van der Waals surface area contributed by atoms with Crippen LogP contribution in [0.15, 0.2) is 30.3 Å². The van der Waals surface area contributed by atoms with E-state index >= 15 is 0 Å². The third-order valence-electron chi connectivity index (χ3n) is 4.75. The lowest BCUT2D eigenvalue weighted by Crippen LogP contribution is -2.70. The highest BCUT2D eigenvalue weighted by molar-refractivity contribution is 5.74. The lowest BCUT2D eigenvalue weighted by Gasteiger charge is -2.51. The summed E-state index contributed by atoms with van der Waals surface area (Å²) in [4.78, 5) is 28.3. The summed E-state index contributed by atoms with van der Waals surface area (Å²) in [6.45, 7) is 8.39. The summed E-state index contributed by atoms with van der Waals surface area (Å²) in [5.74, 6) is 0. The summed E-state index contributed by atoms with van der Waals surface area (Å²) >= 11 is 0. The fourth-order valence-corrected chi connectivity index (χ4v) is 3.68. The smallest absolute Gasteiger partial charge is 0.410 e. The van der Waals surface area contributed by atoms with Crippen molar-refractivity contribution >= 4 is 12.2 Å². The molecule has 136 valence electrons. The van der Waals surface area contributed by atoms with Crippen molar-refractivity contribution in [1.29, 1.82) is 0 Å². The van der Waals surface area contributed by atoms with Crippen molar-refractivity contribution in [3.8, 4) is 0 Å². The predicted molar refractivity (Wildman–Crippen MR) is 93.1 cm³/mol. The van der Waals surface area contributed by atoms with Gasteiger partial charge in [0, 0.05) is 6.54 Å². The Morgan fingerprint density at radius 1 is 1.16 bits per heavy atom. The Balaban J connectivity index is 1.57. The van der Waals surface area contributed by atoms with E-state index in [0.717, 1.165) is 12.0 Å². The Labute approximate surface area is 148 Å². The van der Waals surface area contributed by atoms with Gasteiger partial charge in [-0.2, -0.15) is 0 Å². The van der Waals surface area contributed by atoms with E-state index in [1.165, 1.54) is 0 Å². The maximum absolute atomic E-state index is 12.4. The zero-order chi connectivity index (χ0) is 18.2. The number of amides is 2. The zero-order valence-electron chi connectivity index (χ0n) is 15.3. The summed E-state index contributed by atoms with van der Waals surface area (Å²) in [6, 6.07) is 9.58. The number of fused-ring (bicyclic) bond motifs is 1. The maximum Gasteiger partial charge on any atom is 0.410 e. The van der Waals surface area contributed by atoms with E-state index in [0.29, 0.717) is 6.54 Å². The Kier molecular flexibility index (Phi) is 4.62. The highest BCUT2D eigenvalue weighted by Gasteiger charge is 2.57. The lowest BCUT2D eigenvalue weighted by atomic mass is 9.89. The largest absolute Gasteiger partial charge is 0.445 e. The van der Waals surface area contributed by atoms with E-state index in [-0.39, 0.29) is 36.9 Å². The minimum absolute atomic E-state index is 0.0131. The summed E-state index contributed by atoms with van der Waals surface area (Å²) in [7, 11) is 0. The Morgan fingerprint density at radius 2 is 1.84 bits per heavy atom. The van der Waals surface area contributed by atoms with Crippen molar-refractivity contribution in [2.75, 3.05) is 6.54 Å². The molecule has 0 spiro atoms. The van der Waals surface area contributed by atoms with Crippen LogP contribution < -0.4 is 0 Å². The van der Waals surface area contributed by atoms with Gasteiger partial charge in [0.25, 0.3) is 0 Å². The van der Waals surface area contributed by atoms with E-state index in [1.54, 1.807) is 9.80 Å². The van der Waals surface area contributed by atoms with Gasteiger partial charge in [0.2, 0.25) is 0 Å². The SMILES string of the molecule is C[C@@H]1[C@@H]2[C@@H](CCN2C(=O)OC(C)(C)C)N1C(=O)OCc1ccccc1. The first kappa shape index (κ1) is 17.6. The highest BCUT2D eigenvalue weighted by Crippen LogP contribution is 2.39. The molecule has 25 heavy (non-hydrogen) atoms. The van der Waals surface area contributed by atoms with Gasteiger partial charge in [0.15, 0.2) is 0 Å². The fourth-order valence-electron chi connectivity index (χ4n) is 3.68. The molecular formula is C19H26N2O4.